The molecule has 2 rings (SSSR count). The predicted octanol–water partition coefficient (Wildman–Crippen LogP) is 1.60. The molecular formula is C19H26N2O5. The first-order valence-electron chi connectivity index (χ1n) is 8.70. The third kappa shape index (κ3) is 4.60. The molecule has 0 aliphatic carbocycles. The molecule has 0 saturated carbocycles. The van der Waals surface area contributed by atoms with Gasteiger partial charge in [0.15, 0.2) is 0 Å². The quantitative estimate of drug-likeness (QED) is 0.732. The Morgan fingerprint density at radius 2 is 2.08 bits per heavy atom. The molecule has 1 aromatic rings. The number of aliphatic carboxylic acids is 1. The monoisotopic (exact) mass is 362 g/mol. The van der Waals surface area contributed by atoms with Crippen LogP contribution in [0.4, 0.5) is 5.69 Å². The van der Waals surface area contributed by atoms with Gasteiger partial charge in [0.1, 0.15) is 0 Å². The lowest BCUT2D eigenvalue weighted by molar-refractivity contribution is -0.140. The van der Waals surface area contributed by atoms with Crippen LogP contribution in [0, 0.1) is 5.92 Å². The number of nitrogens with zero attached hydrogens (tertiary/aromatic N) is 1. The summed E-state index contributed by atoms with van der Waals surface area (Å²) in [6.07, 6.45) is 0.650. The molecule has 7 nitrogen and oxygen atoms in total. The van der Waals surface area contributed by atoms with Crippen molar-refractivity contribution >= 4 is 23.5 Å². The number of amides is 2. The van der Waals surface area contributed by atoms with E-state index in [4.69, 9.17) is 9.84 Å². The summed E-state index contributed by atoms with van der Waals surface area (Å²) in [5.41, 5.74) is 0.868. The van der Waals surface area contributed by atoms with Crippen molar-refractivity contribution in [1.29, 1.82) is 0 Å². The van der Waals surface area contributed by atoms with Crippen molar-refractivity contribution in [2.45, 2.75) is 38.6 Å². The van der Waals surface area contributed by atoms with Gasteiger partial charge in [0.2, 0.25) is 11.8 Å². The highest BCUT2D eigenvalue weighted by Crippen LogP contribution is 2.29. The van der Waals surface area contributed by atoms with E-state index in [-0.39, 0.29) is 37.8 Å². The van der Waals surface area contributed by atoms with E-state index in [1.807, 2.05) is 31.2 Å². The molecule has 1 aromatic carbocycles. The molecule has 142 valence electrons. The lowest BCUT2D eigenvalue weighted by Gasteiger charge is -2.29. The second kappa shape index (κ2) is 8.31. The highest BCUT2D eigenvalue weighted by Gasteiger charge is 2.39. The van der Waals surface area contributed by atoms with Gasteiger partial charge in [0.05, 0.1) is 24.5 Å². The summed E-state index contributed by atoms with van der Waals surface area (Å²) in [4.78, 5) is 37.8. The smallest absolute Gasteiger partial charge is 0.305 e. The Balaban J connectivity index is 2.11. The number of methoxy groups -OCH3 is 1. The van der Waals surface area contributed by atoms with Gasteiger partial charge in [-0.1, -0.05) is 25.1 Å². The van der Waals surface area contributed by atoms with Crippen molar-refractivity contribution in [2.75, 3.05) is 25.2 Å². The number of ether oxygens (including phenoxy) is 1. The first-order valence-corrected chi connectivity index (χ1v) is 8.70. The van der Waals surface area contributed by atoms with Gasteiger partial charge in [-0.3, -0.25) is 14.4 Å². The first-order chi connectivity index (χ1) is 12.3. The fourth-order valence-corrected chi connectivity index (χ4v) is 3.37. The maximum atomic E-state index is 12.7. The van der Waals surface area contributed by atoms with Gasteiger partial charge in [-0.15, -0.1) is 0 Å². The highest BCUT2D eigenvalue weighted by molar-refractivity contribution is 6.01. The van der Waals surface area contributed by atoms with Crippen LogP contribution in [-0.4, -0.2) is 48.7 Å². The number of carbonyl (C=O) groups is 3. The topological polar surface area (TPSA) is 95.9 Å². The van der Waals surface area contributed by atoms with Crippen LogP contribution in [0.1, 0.15) is 32.3 Å². The van der Waals surface area contributed by atoms with Crippen molar-refractivity contribution in [3.63, 3.8) is 0 Å². The number of hydrogen-bond donors (Lipinski definition) is 2. The second-order valence-corrected chi connectivity index (χ2v) is 6.94. The number of carboxylic acid groups (broad SMARTS) is 1. The van der Waals surface area contributed by atoms with Crippen LogP contribution < -0.4 is 10.2 Å². The van der Waals surface area contributed by atoms with E-state index in [0.29, 0.717) is 0 Å². The summed E-state index contributed by atoms with van der Waals surface area (Å²) in [6.45, 7) is 4.01. The molecule has 2 atom stereocenters. The van der Waals surface area contributed by atoms with Crippen molar-refractivity contribution in [2.24, 2.45) is 5.92 Å². The summed E-state index contributed by atoms with van der Waals surface area (Å²) < 4.78 is 5.06. The Hall–Kier alpha value is -2.41. The summed E-state index contributed by atoms with van der Waals surface area (Å²) in [7, 11) is 1.45. The van der Waals surface area contributed by atoms with E-state index in [9.17, 15) is 14.4 Å². The molecule has 2 unspecified atom stereocenters. The molecule has 2 amide bonds. The van der Waals surface area contributed by atoms with Crippen LogP contribution in [0.5, 0.6) is 0 Å². The van der Waals surface area contributed by atoms with Gasteiger partial charge >= 0.3 is 5.97 Å². The zero-order valence-corrected chi connectivity index (χ0v) is 15.4. The third-order valence-corrected chi connectivity index (χ3v) is 4.59. The summed E-state index contributed by atoms with van der Waals surface area (Å²) in [6, 6.07) is 7.65. The van der Waals surface area contributed by atoms with Crippen LogP contribution in [0.3, 0.4) is 0 Å². The molecule has 0 spiro atoms. The zero-order valence-electron chi connectivity index (χ0n) is 15.4. The van der Waals surface area contributed by atoms with E-state index in [0.717, 1.165) is 17.7 Å². The molecule has 0 bridgehead atoms. The molecule has 1 fully saturated rings. The number of nitrogens with one attached hydrogen (secondary N) is 1. The summed E-state index contributed by atoms with van der Waals surface area (Å²) in [5.74, 6) is -1.96. The third-order valence-electron chi connectivity index (χ3n) is 4.59. The number of carboxylic acids is 1. The minimum Gasteiger partial charge on any atom is -0.481 e. The Bertz CT molecular complexity index is 690. The maximum absolute atomic E-state index is 12.7. The normalized spacial score (nSPS) is 19.3. The fraction of sp³-hybridized carbons (Fsp3) is 0.526. The molecule has 0 aromatic heterocycles. The standard InChI is InChI=1S/C19H26N2O5/c1-4-13-7-5-6-8-15(13)21-11-14(9-16(21)22)18(25)20-19(2,12-26-3)10-17(23)24/h5-8,14H,4,9-12H2,1-3H3,(H,20,25)(H,23,24). The SMILES string of the molecule is CCc1ccccc1N1CC(C(=O)NC(C)(COC)CC(=O)O)CC1=O. The van der Waals surface area contributed by atoms with Crippen molar-refractivity contribution in [3.8, 4) is 0 Å². The van der Waals surface area contributed by atoms with Gasteiger partial charge in [0.25, 0.3) is 0 Å². The summed E-state index contributed by atoms with van der Waals surface area (Å²) >= 11 is 0. The molecule has 26 heavy (non-hydrogen) atoms. The fourth-order valence-electron chi connectivity index (χ4n) is 3.37. The Morgan fingerprint density at radius 1 is 1.38 bits per heavy atom. The van der Waals surface area contributed by atoms with E-state index in [1.165, 1.54) is 7.11 Å². The molecular weight excluding hydrogens is 336 g/mol. The zero-order chi connectivity index (χ0) is 19.3. The average Bonchev–Trinajstić information content (AvgIpc) is 2.95. The van der Waals surface area contributed by atoms with Gasteiger partial charge in [-0.2, -0.15) is 0 Å². The second-order valence-electron chi connectivity index (χ2n) is 6.94. The number of rotatable bonds is 8. The van der Waals surface area contributed by atoms with Crippen LogP contribution in [0.15, 0.2) is 24.3 Å². The molecule has 1 aliphatic rings. The number of hydrogen-bond acceptors (Lipinski definition) is 4. The number of carbonyl (C=O) groups excluding carboxylic acids is 2. The number of anilines is 1. The molecule has 7 heteroatoms. The largest absolute Gasteiger partial charge is 0.481 e. The van der Waals surface area contributed by atoms with Crippen molar-refractivity contribution in [3.05, 3.63) is 29.8 Å². The maximum Gasteiger partial charge on any atom is 0.305 e. The van der Waals surface area contributed by atoms with E-state index >= 15 is 0 Å². The van der Waals surface area contributed by atoms with Gasteiger partial charge in [-0.05, 0) is 25.0 Å². The minimum absolute atomic E-state index is 0.0775. The lowest BCUT2D eigenvalue weighted by atomic mass is 9.97. The van der Waals surface area contributed by atoms with E-state index < -0.39 is 17.4 Å². The van der Waals surface area contributed by atoms with Crippen LogP contribution in [0.25, 0.3) is 0 Å². The van der Waals surface area contributed by atoms with Gasteiger partial charge < -0.3 is 20.1 Å². The Labute approximate surface area is 153 Å². The molecule has 0 radical (unpaired) electrons. The predicted molar refractivity (Wildman–Crippen MR) is 97.0 cm³/mol. The van der Waals surface area contributed by atoms with Crippen LogP contribution in [-0.2, 0) is 25.5 Å². The van der Waals surface area contributed by atoms with E-state index in [1.54, 1.807) is 11.8 Å². The number of para-hydroxylation sites is 1. The molecule has 1 aliphatic heterocycles. The Morgan fingerprint density at radius 3 is 2.69 bits per heavy atom. The molecule has 1 saturated heterocycles. The lowest BCUT2D eigenvalue weighted by Crippen LogP contribution is -2.52. The van der Waals surface area contributed by atoms with E-state index in [2.05, 4.69) is 5.32 Å². The highest BCUT2D eigenvalue weighted by atomic mass is 16.5. The van der Waals surface area contributed by atoms with Crippen LogP contribution >= 0.6 is 0 Å². The average molecular weight is 362 g/mol. The Kier molecular flexibility index (Phi) is 6.37. The summed E-state index contributed by atoms with van der Waals surface area (Å²) in [5, 5.41) is 11.8. The molecule has 2 N–H and O–H groups in total. The number of aryl methyl sites for hydroxylation is 1. The number of benzene rings is 1. The van der Waals surface area contributed by atoms with Gasteiger partial charge in [-0.25, -0.2) is 0 Å². The molecule has 1 heterocycles. The van der Waals surface area contributed by atoms with Gasteiger partial charge in [0, 0.05) is 25.8 Å². The van der Waals surface area contributed by atoms with Crippen LogP contribution in [0.2, 0.25) is 0 Å². The first kappa shape index (κ1) is 19.9. The minimum atomic E-state index is -1.02. The van der Waals surface area contributed by atoms with Crippen molar-refractivity contribution < 1.29 is 24.2 Å². The van der Waals surface area contributed by atoms with Crippen molar-refractivity contribution in [1.82, 2.24) is 5.32 Å².